The van der Waals surface area contributed by atoms with E-state index in [2.05, 4.69) is 10.4 Å². The molecule has 0 saturated heterocycles. The van der Waals surface area contributed by atoms with E-state index in [0.717, 1.165) is 5.69 Å². The minimum Gasteiger partial charge on any atom is -0.480 e. The molecule has 2 N–H and O–H groups in total. The van der Waals surface area contributed by atoms with Crippen molar-refractivity contribution in [2.75, 3.05) is 11.9 Å². The first-order valence-corrected chi connectivity index (χ1v) is 7.24. The van der Waals surface area contributed by atoms with Gasteiger partial charge < -0.3 is 15.2 Å². The van der Waals surface area contributed by atoms with E-state index in [1.165, 1.54) is 12.1 Å². The molecular formula is C15H16ClN3O4. The fourth-order valence-electron chi connectivity index (χ4n) is 1.95. The van der Waals surface area contributed by atoms with E-state index in [4.69, 9.17) is 21.4 Å². The Morgan fingerprint density at radius 2 is 2.17 bits per heavy atom. The molecule has 8 heteroatoms. The predicted octanol–water partition coefficient (Wildman–Crippen LogP) is 2.11. The number of carboxylic acid groups (broad SMARTS) is 1. The highest BCUT2D eigenvalue weighted by Crippen LogP contribution is 2.27. The zero-order valence-corrected chi connectivity index (χ0v) is 13.2. The van der Waals surface area contributed by atoms with Crippen LogP contribution in [-0.2, 0) is 23.1 Å². The van der Waals surface area contributed by atoms with E-state index in [9.17, 15) is 9.59 Å². The van der Waals surface area contributed by atoms with E-state index in [1.54, 1.807) is 16.9 Å². The van der Waals surface area contributed by atoms with Crippen LogP contribution >= 0.6 is 11.6 Å². The van der Waals surface area contributed by atoms with Crippen molar-refractivity contribution in [1.82, 2.24) is 9.78 Å². The van der Waals surface area contributed by atoms with Gasteiger partial charge in [0, 0.05) is 31.0 Å². The molecule has 0 fully saturated rings. The zero-order valence-electron chi connectivity index (χ0n) is 12.5. The molecule has 1 heterocycles. The van der Waals surface area contributed by atoms with Crippen molar-refractivity contribution in [3.63, 3.8) is 0 Å². The number of carboxylic acids is 1. The number of ether oxygens (including phenoxy) is 1. The summed E-state index contributed by atoms with van der Waals surface area (Å²) < 4.78 is 6.73. The van der Waals surface area contributed by atoms with Gasteiger partial charge in [0.15, 0.2) is 6.61 Å². The Labute approximate surface area is 137 Å². The monoisotopic (exact) mass is 337 g/mol. The van der Waals surface area contributed by atoms with Crippen molar-refractivity contribution in [3.05, 3.63) is 41.2 Å². The average molecular weight is 338 g/mol. The van der Waals surface area contributed by atoms with Crippen molar-refractivity contribution in [3.8, 4) is 5.75 Å². The van der Waals surface area contributed by atoms with Gasteiger partial charge in [0.1, 0.15) is 5.75 Å². The Kier molecular flexibility index (Phi) is 5.59. The van der Waals surface area contributed by atoms with Crippen LogP contribution < -0.4 is 10.1 Å². The van der Waals surface area contributed by atoms with Crippen LogP contribution in [0.3, 0.4) is 0 Å². The lowest BCUT2D eigenvalue weighted by molar-refractivity contribution is -0.139. The molecule has 0 aliphatic rings. The first kappa shape index (κ1) is 16.8. The number of rotatable bonds is 7. The number of nitrogens with zero attached hydrogens (tertiary/aromatic N) is 2. The smallest absolute Gasteiger partial charge is 0.341 e. The molecule has 0 bridgehead atoms. The third-order valence-electron chi connectivity index (χ3n) is 3.10. The number of nitrogens with one attached hydrogen (secondary N) is 1. The second kappa shape index (κ2) is 7.64. The molecule has 7 nitrogen and oxygen atoms in total. The molecule has 0 aliphatic heterocycles. The summed E-state index contributed by atoms with van der Waals surface area (Å²) in [5.74, 6) is -0.989. The third-order valence-corrected chi connectivity index (χ3v) is 3.39. The van der Waals surface area contributed by atoms with Crippen LogP contribution in [0.4, 0.5) is 5.69 Å². The average Bonchev–Trinajstić information content (AvgIpc) is 2.89. The predicted molar refractivity (Wildman–Crippen MR) is 84.7 cm³/mol. The molecule has 122 valence electrons. The van der Waals surface area contributed by atoms with Crippen LogP contribution in [0.15, 0.2) is 30.5 Å². The van der Waals surface area contributed by atoms with Crippen molar-refractivity contribution in [1.29, 1.82) is 0 Å². The Hall–Kier alpha value is -2.54. The highest BCUT2D eigenvalue weighted by atomic mass is 35.5. The van der Waals surface area contributed by atoms with Gasteiger partial charge in [-0.05, 0) is 30.7 Å². The summed E-state index contributed by atoms with van der Waals surface area (Å²) >= 11 is 5.99. The molecular weight excluding hydrogens is 322 g/mol. The summed E-state index contributed by atoms with van der Waals surface area (Å²) in [6, 6.07) is 6.49. The van der Waals surface area contributed by atoms with Crippen molar-refractivity contribution >= 4 is 29.2 Å². The van der Waals surface area contributed by atoms with Crippen LogP contribution in [0.5, 0.6) is 5.75 Å². The van der Waals surface area contributed by atoms with E-state index < -0.39 is 12.6 Å². The summed E-state index contributed by atoms with van der Waals surface area (Å²) in [5.41, 5.74) is 1.49. The number of aliphatic carboxylic acids is 1. The topological polar surface area (TPSA) is 93.5 Å². The second-order valence-corrected chi connectivity index (χ2v) is 5.23. The molecule has 2 rings (SSSR count). The quantitative estimate of drug-likeness (QED) is 0.807. The van der Waals surface area contributed by atoms with Gasteiger partial charge in [-0.3, -0.25) is 9.48 Å². The molecule has 1 amide bonds. The van der Waals surface area contributed by atoms with Crippen LogP contribution in [0.1, 0.15) is 12.1 Å². The first-order valence-electron chi connectivity index (χ1n) is 6.86. The van der Waals surface area contributed by atoms with Crippen LogP contribution in [-0.4, -0.2) is 33.4 Å². The van der Waals surface area contributed by atoms with E-state index >= 15 is 0 Å². The van der Waals surface area contributed by atoms with E-state index in [0.29, 0.717) is 18.5 Å². The minimum atomic E-state index is -1.09. The van der Waals surface area contributed by atoms with Gasteiger partial charge in [0.2, 0.25) is 5.91 Å². The molecule has 1 aromatic heterocycles. The van der Waals surface area contributed by atoms with Crippen molar-refractivity contribution in [2.24, 2.45) is 7.05 Å². The Morgan fingerprint density at radius 3 is 2.78 bits per heavy atom. The number of hydrogen-bond donors (Lipinski definition) is 2. The van der Waals surface area contributed by atoms with Gasteiger partial charge in [0.25, 0.3) is 0 Å². The zero-order chi connectivity index (χ0) is 16.8. The number of amides is 1. The summed E-state index contributed by atoms with van der Waals surface area (Å²) in [6.45, 7) is -0.476. The summed E-state index contributed by atoms with van der Waals surface area (Å²) in [4.78, 5) is 22.4. The van der Waals surface area contributed by atoms with Gasteiger partial charge in [-0.25, -0.2) is 4.79 Å². The first-order chi connectivity index (χ1) is 11.0. The number of anilines is 1. The van der Waals surface area contributed by atoms with Gasteiger partial charge in [-0.1, -0.05) is 11.6 Å². The van der Waals surface area contributed by atoms with E-state index in [1.807, 2.05) is 13.1 Å². The maximum absolute atomic E-state index is 11.9. The minimum absolute atomic E-state index is 0.151. The van der Waals surface area contributed by atoms with Gasteiger partial charge in [-0.2, -0.15) is 5.10 Å². The molecule has 0 unspecified atom stereocenters. The number of aromatic nitrogens is 2. The Morgan fingerprint density at radius 1 is 1.39 bits per heavy atom. The number of aryl methyl sites for hydroxylation is 2. The third kappa shape index (κ3) is 5.00. The Balaban J connectivity index is 1.89. The summed E-state index contributed by atoms with van der Waals surface area (Å²) in [7, 11) is 1.82. The normalized spacial score (nSPS) is 10.3. The number of benzene rings is 1. The fourth-order valence-corrected chi connectivity index (χ4v) is 2.18. The maximum Gasteiger partial charge on any atom is 0.341 e. The Bertz CT molecular complexity index is 714. The lowest BCUT2D eigenvalue weighted by atomic mass is 10.2. The molecule has 0 spiro atoms. The van der Waals surface area contributed by atoms with Crippen molar-refractivity contribution < 1.29 is 19.4 Å². The molecule has 2 aromatic rings. The van der Waals surface area contributed by atoms with Crippen LogP contribution in [0.2, 0.25) is 5.02 Å². The molecule has 0 aliphatic carbocycles. The van der Waals surface area contributed by atoms with Crippen molar-refractivity contribution in [2.45, 2.75) is 12.8 Å². The number of halogens is 1. The van der Waals surface area contributed by atoms with Gasteiger partial charge in [-0.15, -0.1) is 0 Å². The number of carbonyl (C=O) groups excluding carboxylic acids is 1. The lowest BCUT2D eigenvalue weighted by Gasteiger charge is -2.09. The maximum atomic E-state index is 11.9. The lowest BCUT2D eigenvalue weighted by Crippen LogP contribution is -2.13. The number of hydrogen-bond acceptors (Lipinski definition) is 4. The summed E-state index contributed by atoms with van der Waals surface area (Å²) in [5, 5.41) is 15.6. The highest BCUT2D eigenvalue weighted by molar-refractivity contribution is 6.32. The fraction of sp³-hybridized carbons (Fsp3) is 0.267. The second-order valence-electron chi connectivity index (χ2n) is 4.82. The molecule has 0 atom stereocenters. The SMILES string of the molecule is Cn1nccc1CCC(=O)Nc1ccc(OCC(=O)O)c(Cl)c1. The van der Waals surface area contributed by atoms with Gasteiger partial charge in [0.05, 0.1) is 5.02 Å². The van der Waals surface area contributed by atoms with Crippen LogP contribution in [0.25, 0.3) is 0 Å². The number of carbonyl (C=O) groups is 2. The summed E-state index contributed by atoms with van der Waals surface area (Å²) in [6.07, 6.45) is 2.58. The standard InChI is InChI=1S/C15H16ClN3O4/c1-19-11(6-7-17-19)3-5-14(20)18-10-2-4-13(12(16)8-10)23-9-15(21)22/h2,4,6-8H,3,5,9H2,1H3,(H,18,20)(H,21,22). The molecule has 0 radical (unpaired) electrons. The largest absolute Gasteiger partial charge is 0.480 e. The molecule has 1 aromatic carbocycles. The highest BCUT2D eigenvalue weighted by Gasteiger charge is 2.09. The van der Waals surface area contributed by atoms with E-state index in [-0.39, 0.29) is 16.7 Å². The molecule has 23 heavy (non-hydrogen) atoms. The van der Waals surface area contributed by atoms with Gasteiger partial charge >= 0.3 is 5.97 Å². The molecule has 0 saturated carbocycles. The van der Waals surface area contributed by atoms with Crippen LogP contribution in [0, 0.1) is 0 Å².